The summed E-state index contributed by atoms with van der Waals surface area (Å²) < 4.78 is 18.7. The van der Waals surface area contributed by atoms with Crippen molar-refractivity contribution >= 4 is 5.91 Å². The smallest absolute Gasteiger partial charge is 0.225 e. The lowest BCUT2D eigenvalue weighted by Gasteiger charge is -2.39. The van der Waals surface area contributed by atoms with Crippen molar-refractivity contribution < 1.29 is 13.9 Å². The number of hydrogen-bond acceptors (Lipinski definition) is 3. The third kappa shape index (κ3) is 3.83. The molecule has 3 fully saturated rings. The number of amides is 1. The summed E-state index contributed by atoms with van der Waals surface area (Å²) >= 11 is 0. The van der Waals surface area contributed by atoms with Gasteiger partial charge in [0.2, 0.25) is 5.91 Å². The molecule has 1 amide bonds. The summed E-state index contributed by atoms with van der Waals surface area (Å²) in [5.41, 5.74) is 2.40. The number of piperidine rings is 1. The number of fused-ring (bicyclic) bond motifs is 1. The third-order valence-electron chi connectivity index (χ3n) is 7.07. The molecule has 3 atom stereocenters. The summed E-state index contributed by atoms with van der Waals surface area (Å²) in [6.45, 7) is 3.56. The van der Waals surface area contributed by atoms with E-state index >= 15 is 0 Å². The number of carbonyl (C=O) groups is 1. The zero-order valence-electron chi connectivity index (χ0n) is 17.5. The molecule has 4 nitrogen and oxygen atoms in total. The molecule has 2 aromatic carbocycles. The van der Waals surface area contributed by atoms with Gasteiger partial charge in [0.05, 0.1) is 7.11 Å². The Balaban J connectivity index is 1.38. The average molecular weight is 409 g/mol. The van der Waals surface area contributed by atoms with Gasteiger partial charge in [-0.25, -0.2) is 4.39 Å². The first kappa shape index (κ1) is 19.6. The number of hydrogen-bond donors (Lipinski definition) is 0. The van der Waals surface area contributed by atoms with Gasteiger partial charge in [0.15, 0.2) is 0 Å². The number of halogens is 1. The molecule has 5 heteroatoms. The van der Waals surface area contributed by atoms with E-state index in [-0.39, 0.29) is 11.7 Å². The molecule has 30 heavy (non-hydrogen) atoms. The zero-order valence-corrected chi connectivity index (χ0v) is 17.5. The van der Waals surface area contributed by atoms with Crippen molar-refractivity contribution in [2.24, 2.45) is 11.8 Å². The van der Waals surface area contributed by atoms with Gasteiger partial charge in [-0.3, -0.25) is 9.69 Å². The summed E-state index contributed by atoms with van der Waals surface area (Å²) in [7, 11) is 1.70. The average Bonchev–Trinajstić information content (AvgIpc) is 3.56. The van der Waals surface area contributed by atoms with Crippen LogP contribution in [-0.4, -0.2) is 48.5 Å². The van der Waals surface area contributed by atoms with Gasteiger partial charge in [-0.05, 0) is 54.7 Å². The molecular weight excluding hydrogens is 379 g/mol. The quantitative estimate of drug-likeness (QED) is 0.748. The molecule has 2 heterocycles. The second-order valence-corrected chi connectivity index (χ2v) is 9.03. The molecule has 1 saturated carbocycles. The highest BCUT2D eigenvalue weighted by Gasteiger charge is 2.49. The van der Waals surface area contributed by atoms with Gasteiger partial charge < -0.3 is 9.64 Å². The Kier molecular flexibility index (Phi) is 5.23. The summed E-state index contributed by atoms with van der Waals surface area (Å²) in [6.07, 6.45) is 3.10. The molecule has 2 aliphatic heterocycles. The topological polar surface area (TPSA) is 32.8 Å². The van der Waals surface area contributed by atoms with Crippen molar-refractivity contribution in [1.82, 2.24) is 9.80 Å². The van der Waals surface area contributed by atoms with E-state index in [4.69, 9.17) is 4.74 Å². The Hall–Kier alpha value is -2.40. The van der Waals surface area contributed by atoms with Crippen molar-refractivity contribution in [1.29, 1.82) is 0 Å². The van der Waals surface area contributed by atoms with Gasteiger partial charge in [-0.15, -0.1) is 0 Å². The van der Waals surface area contributed by atoms with Crippen LogP contribution in [0, 0.1) is 17.7 Å². The second kappa shape index (κ2) is 8.03. The number of ether oxygens (including phenoxy) is 1. The predicted octanol–water partition coefficient (Wildman–Crippen LogP) is 4.06. The Morgan fingerprint density at radius 2 is 1.90 bits per heavy atom. The number of nitrogens with zero attached hydrogens (tertiary/aromatic N) is 2. The van der Waals surface area contributed by atoms with Crippen LogP contribution in [0.2, 0.25) is 0 Å². The van der Waals surface area contributed by atoms with Crippen molar-refractivity contribution in [3.05, 3.63) is 65.5 Å². The number of rotatable bonds is 5. The summed E-state index contributed by atoms with van der Waals surface area (Å²) in [6, 6.07) is 15.5. The van der Waals surface area contributed by atoms with E-state index in [2.05, 4.69) is 21.9 Å². The highest BCUT2D eigenvalue weighted by Crippen LogP contribution is 2.44. The molecule has 5 rings (SSSR count). The van der Waals surface area contributed by atoms with Crippen molar-refractivity contribution in [2.75, 3.05) is 26.7 Å². The van der Waals surface area contributed by atoms with Gasteiger partial charge in [0.25, 0.3) is 0 Å². The summed E-state index contributed by atoms with van der Waals surface area (Å²) in [5.74, 6) is 2.03. The van der Waals surface area contributed by atoms with Crippen LogP contribution in [0.15, 0.2) is 48.5 Å². The van der Waals surface area contributed by atoms with E-state index in [0.29, 0.717) is 23.8 Å². The lowest BCUT2D eigenvalue weighted by molar-refractivity contribution is -0.134. The van der Waals surface area contributed by atoms with Crippen LogP contribution in [0.1, 0.15) is 36.3 Å². The maximum Gasteiger partial charge on any atom is 0.225 e. The third-order valence-corrected chi connectivity index (χ3v) is 7.07. The van der Waals surface area contributed by atoms with Gasteiger partial charge in [-0.2, -0.15) is 0 Å². The molecule has 0 radical (unpaired) electrons. The van der Waals surface area contributed by atoms with E-state index in [1.807, 2.05) is 24.3 Å². The highest BCUT2D eigenvalue weighted by atomic mass is 19.1. The van der Waals surface area contributed by atoms with E-state index < -0.39 is 0 Å². The molecule has 0 N–H and O–H groups in total. The van der Waals surface area contributed by atoms with E-state index in [9.17, 15) is 9.18 Å². The first-order valence-corrected chi connectivity index (χ1v) is 11.0. The molecular formula is C25H29FN2O2. The minimum Gasteiger partial charge on any atom is -0.497 e. The maximum absolute atomic E-state index is 13.3. The van der Waals surface area contributed by atoms with E-state index in [0.717, 1.165) is 56.8 Å². The van der Waals surface area contributed by atoms with E-state index in [1.165, 1.54) is 17.7 Å². The molecule has 0 unspecified atom stereocenters. The fraction of sp³-hybridized carbons (Fsp3) is 0.480. The number of methoxy groups -OCH3 is 1. The van der Waals surface area contributed by atoms with Gasteiger partial charge in [0.1, 0.15) is 11.6 Å². The van der Waals surface area contributed by atoms with Crippen LogP contribution >= 0.6 is 0 Å². The molecule has 3 aliphatic rings. The number of carbonyl (C=O) groups excluding carboxylic acids is 1. The largest absolute Gasteiger partial charge is 0.497 e. The van der Waals surface area contributed by atoms with Gasteiger partial charge in [-0.1, -0.05) is 24.3 Å². The fourth-order valence-corrected chi connectivity index (χ4v) is 5.34. The summed E-state index contributed by atoms with van der Waals surface area (Å²) in [5, 5.41) is 0. The van der Waals surface area contributed by atoms with Crippen molar-refractivity contribution in [3.8, 4) is 5.75 Å². The van der Waals surface area contributed by atoms with Crippen LogP contribution < -0.4 is 4.74 Å². The summed E-state index contributed by atoms with van der Waals surface area (Å²) in [4.78, 5) is 17.7. The first-order chi connectivity index (χ1) is 14.6. The lowest BCUT2D eigenvalue weighted by Crippen LogP contribution is -2.48. The molecule has 2 saturated heterocycles. The molecule has 1 aliphatic carbocycles. The molecule has 0 spiro atoms. The Labute approximate surface area is 177 Å². The second-order valence-electron chi connectivity index (χ2n) is 9.03. The predicted molar refractivity (Wildman–Crippen MR) is 114 cm³/mol. The monoisotopic (exact) mass is 408 g/mol. The number of likely N-dealkylation sites (tertiary alicyclic amines) is 2. The lowest BCUT2D eigenvalue weighted by atomic mass is 9.81. The fourth-order valence-electron chi connectivity index (χ4n) is 5.34. The first-order valence-electron chi connectivity index (χ1n) is 11.0. The standard InChI is InChI=1S/C25H29FN2O2/c1-30-21-4-2-3-19(13-21)22-16-28(25(29)18-7-8-18)24-11-12-27(15-23(22)24)14-17-5-9-20(26)10-6-17/h2-6,9-10,13,18,22-24H,7-8,11-12,14-16H2,1H3/t22-,23-,24-/m0/s1. The minimum atomic E-state index is -0.194. The van der Waals surface area contributed by atoms with E-state index in [1.54, 1.807) is 7.11 Å². The highest BCUT2D eigenvalue weighted by molar-refractivity contribution is 5.82. The van der Waals surface area contributed by atoms with Crippen LogP contribution in [-0.2, 0) is 11.3 Å². The number of benzene rings is 2. The normalized spacial score (nSPS) is 26.5. The van der Waals surface area contributed by atoms with Crippen molar-refractivity contribution in [3.63, 3.8) is 0 Å². The zero-order chi connectivity index (χ0) is 20.7. The van der Waals surface area contributed by atoms with Crippen LogP contribution in [0.5, 0.6) is 5.75 Å². The molecule has 2 aromatic rings. The maximum atomic E-state index is 13.3. The Morgan fingerprint density at radius 3 is 2.63 bits per heavy atom. The molecule has 0 bridgehead atoms. The van der Waals surface area contributed by atoms with Crippen molar-refractivity contribution in [2.45, 2.75) is 37.8 Å². The van der Waals surface area contributed by atoms with Crippen LogP contribution in [0.25, 0.3) is 0 Å². The molecule has 158 valence electrons. The van der Waals surface area contributed by atoms with Crippen LogP contribution in [0.3, 0.4) is 0 Å². The Morgan fingerprint density at radius 1 is 1.10 bits per heavy atom. The SMILES string of the molecule is COc1cccc([C@@H]2CN(C(=O)C3CC3)[C@H]3CCN(Cc4ccc(F)cc4)C[C@@H]23)c1. The van der Waals surface area contributed by atoms with Gasteiger partial charge in [0, 0.05) is 50.0 Å². The van der Waals surface area contributed by atoms with Crippen LogP contribution in [0.4, 0.5) is 4.39 Å². The van der Waals surface area contributed by atoms with Gasteiger partial charge >= 0.3 is 0 Å². The Bertz CT molecular complexity index is 912. The minimum absolute atomic E-state index is 0.194. The molecule has 0 aromatic heterocycles.